The topological polar surface area (TPSA) is 104 Å². The summed E-state index contributed by atoms with van der Waals surface area (Å²) in [6.07, 6.45) is 6.77. The molecule has 1 heterocycles. The number of nitrogens with one attached hydrogen (secondary N) is 1. The molecule has 0 unspecified atom stereocenters. The van der Waals surface area contributed by atoms with E-state index in [1.807, 2.05) is 0 Å². The van der Waals surface area contributed by atoms with Crippen molar-refractivity contribution >= 4 is 44.0 Å². The van der Waals surface area contributed by atoms with Crippen molar-refractivity contribution in [3.8, 4) is 0 Å². The van der Waals surface area contributed by atoms with Crippen LogP contribution in [0.4, 0.5) is 11.4 Å². The molecule has 1 aliphatic carbocycles. The van der Waals surface area contributed by atoms with E-state index in [0.29, 0.717) is 28.4 Å². The number of hydrogen-bond acceptors (Lipinski definition) is 4. The second-order valence-corrected chi connectivity index (χ2v) is 10.4. The third-order valence-corrected chi connectivity index (χ3v) is 8.36. The Kier molecular flexibility index (Phi) is 5.61. The average molecular weight is 477 g/mol. The lowest BCUT2D eigenvalue weighted by molar-refractivity contribution is 0.0697. The Morgan fingerprint density at radius 3 is 2.62 bits per heavy atom. The van der Waals surface area contributed by atoms with Gasteiger partial charge in [0.2, 0.25) is 0 Å². The summed E-state index contributed by atoms with van der Waals surface area (Å²) >= 11 is 0. The number of allylic oxidation sites excluding steroid dienone is 1. The van der Waals surface area contributed by atoms with Gasteiger partial charge in [0, 0.05) is 28.6 Å². The number of carboxylic acids is 1. The quantitative estimate of drug-likeness (QED) is 0.457. The predicted octanol–water partition coefficient (Wildman–Crippen LogP) is 5.19. The maximum Gasteiger partial charge on any atom is 0.337 e. The van der Waals surface area contributed by atoms with E-state index in [1.165, 1.54) is 28.1 Å². The Balaban J connectivity index is 1.66. The van der Waals surface area contributed by atoms with Crippen LogP contribution in [0, 0.1) is 0 Å². The second kappa shape index (κ2) is 8.61. The van der Waals surface area contributed by atoms with Crippen molar-refractivity contribution in [2.75, 3.05) is 16.2 Å². The SMILES string of the molecule is O=C(O)c1ccccc1N(CCC1=CCCCC1)S(=O)(=O)c1ccc2c3c(cccc13)C(=O)N2. The van der Waals surface area contributed by atoms with Gasteiger partial charge in [-0.3, -0.25) is 9.10 Å². The van der Waals surface area contributed by atoms with Crippen molar-refractivity contribution < 1.29 is 23.1 Å². The number of carboxylic acid groups (broad SMARTS) is 1. The summed E-state index contributed by atoms with van der Waals surface area (Å²) in [5, 5.41) is 13.5. The van der Waals surface area contributed by atoms with Crippen LogP contribution in [0.1, 0.15) is 52.8 Å². The van der Waals surface area contributed by atoms with Gasteiger partial charge in [0.15, 0.2) is 0 Å². The number of rotatable bonds is 7. The van der Waals surface area contributed by atoms with Crippen LogP contribution < -0.4 is 9.62 Å². The van der Waals surface area contributed by atoms with Gasteiger partial charge in [-0.25, -0.2) is 13.2 Å². The van der Waals surface area contributed by atoms with Crippen molar-refractivity contribution in [3.63, 3.8) is 0 Å². The Hall–Kier alpha value is -3.65. The van der Waals surface area contributed by atoms with Gasteiger partial charge in [-0.1, -0.05) is 35.9 Å². The van der Waals surface area contributed by atoms with Gasteiger partial charge < -0.3 is 10.4 Å². The summed E-state index contributed by atoms with van der Waals surface area (Å²) < 4.78 is 29.5. The fourth-order valence-corrected chi connectivity index (χ4v) is 6.50. The molecule has 0 fully saturated rings. The first-order valence-corrected chi connectivity index (χ1v) is 12.7. The third-order valence-electron chi connectivity index (χ3n) is 6.49. The summed E-state index contributed by atoms with van der Waals surface area (Å²) in [7, 11) is -4.16. The number of nitrogens with zero attached hydrogens (tertiary/aromatic N) is 1. The molecule has 1 amide bonds. The van der Waals surface area contributed by atoms with Crippen molar-refractivity contribution in [1.29, 1.82) is 0 Å². The number of hydrogen-bond donors (Lipinski definition) is 2. The normalized spacial score (nSPS) is 15.2. The number of anilines is 2. The Bertz CT molecular complexity index is 1460. The molecule has 174 valence electrons. The summed E-state index contributed by atoms with van der Waals surface area (Å²) in [6, 6.07) is 14.2. The number of benzene rings is 3. The van der Waals surface area contributed by atoms with Gasteiger partial charge in [-0.2, -0.15) is 0 Å². The second-order valence-electron chi connectivity index (χ2n) is 8.55. The van der Waals surface area contributed by atoms with E-state index < -0.39 is 16.0 Å². The molecule has 5 rings (SSSR count). The molecule has 2 N–H and O–H groups in total. The molecule has 7 nitrogen and oxygen atoms in total. The number of carbonyl (C=O) groups excluding carboxylic acids is 1. The van der Waals surface area contributed by atoms with Crippen molar-refractivity contribution in [2.24, 2.45) is 0 Å². The molecule has 2 aliphatic rings. The van der Waals surface area contributed by atoms with Gasteiger partial charge in [0.05, 0.1) is 16.1 Å². The van der Waals surface area contributed by atoms with E-state index in [1.54, 1.807) is 36.4 Å². The first kappa shape index (κ1) is 22.2. The van der Waals surface area contributed by atoms with Crippen LogP contribution in [0.5, 0.6) is 0 Å². The first-order valence-electron chi connectivity index (χ1n) is 11.3. The molecule has 1 aliphatic heterocycles. The van der Waals surface area contributed by atoms with Crippen LogP contribution in [0.15, 0.2) is 71.1 Å². The first-order chi connectivity index (χ1) is 16.4. The lowest BCUT2D eigenvalue weighted by atomic mass is 9.97. The van der Waals surface area contributed by atoms with Crippen LogP contribution >= 0.6 is 0 Å². The maximum atomic E-state index is 14.1. The third kappa shape index (κ3) is 3.74. The summed E-state index contributed by atoms with van der Waals surface area (Å²) in [4.78, 5) is 24.3. The zero-order chi connectivity index (χ0) is 23.9. The van der Waals surface area contributed by atoms with Gasteiger partial charge in [0.1, 0.15) is 0 Å². The van der Waals surface area contributed by atoms with Crippen molar-refractivity contribution in [3.05, 3.63) is 77.4 Å². The zero-order valence-electron chi connectivity index (χ0n) is 18.5. The van der Waals surface area contributed by atoms with Crippen LogP contribution in [0.25, 0.3) is 10.8 Å². The molecule has 0 radical (unpaired) electrons. The minimum absolute atomic E-state index is 0.0439. The van der Waals surface area contributed by atoms with Gasteiger partial charge >= 0.3 is 5.97 Å². The smallest absolute Gasteiger partial charge is 0.337 e. The highest BCUT2D eigenvalue weighted by Crippen LogP contribution is 2.39. The van der Waals surface area contributed by atoms with Gasteiger partial charge in [-0.15, -0.1) is 0 Å². The van der Waals surface area contributed by atoms with E-state index in [9.17, 15) is 23.1 Å². The molecule has 34 heavy (non-hydrogen) atoms. The van der Waals surface area contributed by atoms with Crippen LogP contribution in [0.3, 0.4) is 0 Å². The molecule has 0 bridgehead atoms. The number of amides is 1. The minimum Gasteiger partial charge on any atom is -0.478 e. The van der Waals surface area contributed by atoms with E-state index in [4.69, 9.17) is 0 Å². The largest absolute Gasteiger partial charge is 0.478 e. The molecule has 8 heteroatoms. The Labute approximate surface area is 197 Å². The lowest BCUT2D eigenvalue weighted by Gasteiger charge is -2.27. The number of carbonyl (C=O) groups is 2. The number of sulfonamides is 1. The molecule has 0 saturated carbocycles. The highest BCUT2D eigenvalue weighted by Gasteiger charge is 2.32. The average Bonchev–Trinajstić information content (AvgIpc) is 3.17. The summed E-state index contributed by atoms with van der Waals surface area (Å²) in [5.74, 6) is -1.46. The summed E-state index contributed by atoms with van der Waals surface area (Å²) in [5.41, 5.74) is 2.23. The molecule has 0 aromatic heterocycles. The fourth-order valence-electron chi connectivity index (χ4n) is 4.83. The zero-order valence-corrected chi connectivity index (χ0v) is 19.3. The van der Waals surface area contributed by atoms with Crippen LogP contribution in [-0.2, 0) is 10.0 Å². The molecular weight excluding hydrogens is 452 g/mol. The van der Waals surface area contributed by atoms with Crippen LogP contribution in [0.2, 0.25) is 0 Å². The molecule has 0 saturated heterocycles. The van der Waals surface area contributed by atoms with E-state index in [-0.39, 0.29) is 28.6 Å². The highest BCUT2D eigenvalue weighted by molar-refractivity contribution is 7.93. The van der Waals surface area contributed by atoms with Crippen molar-refractivity contribution in [1.82, 2.24) is 0 Å². The van der Waals surface area contributed by atoms with Crippen LogP contribution in [-0.4, -0.2) is 31.9 Å². The predicted molar refractivity (Wildman–Crippen MR) is 131 cm³/mol. The lowest BCUT2D eigenvalue weighted by Crippen LogP contribution is -2.33. The molecule has 3 aromatic rings. The highest BCUT2D eigenvalue weighted by atomic mass is 32.2. The van der Waals surface area contributed by atoms with E-state index in [2.05, 4.69) is 11.4 Å². The number of aromatic carboxylic acids is 1. The minimum atomic E-state index is -4.16. The maximum absolute atomic E-state index is 14.1. The molecule has 0 spiro atoms. The molecular formula is C26H24N2O5S. The van der Waals surface area contributed by atoms with E-state index in [0.717, 1.165) is 25.7 Å². The Morgan fingerprint density at radius 2 is 1.85 bits per heavy atom. The molecule has 3 aromatic carbocycles. The monoisotopic (exact) mass is 476 g/mol. The van der Waals surface area contributed by atoms with Gasteiger partial charge in [0.25, 0.3) is 15.9 Å². The summed E-state index contributed by atoms with van der Waals surface area (Å²) in [6.45, 7) is 0.124. The van der Waals surface area contributed by atoms with E-state index >= 15 is 0 Å². The van der Waals surface area contributed by atoms with Crippen molar-refractivity contribution in [2.45, 2.75) is 37.0 Å². The van der Waals surface area contributed by atoms with Gasteiger partial charge in [-0.05, 0) is 62.4 Å². The fraction of sp³-hybridized carbons (Fsp3) is 0.231. The Morgan fingerprint density at radius 1 is 1.03 bits per heavy atom. The standard InChI is InChI=1S/C26H24N2O5S/c29-25-20-11-6-10-19-23(14-13-21(27-25)24(19)20)34(32,33)28(16-15-17-7-2-1-3-8-17)22-12-5-4-9-18(22)26(30)31/h4-7,9-14H,1-3,8,15-16H2,(H,27,29)(H,30,31). The number of para-hydroxylation sites is 1. The molecule has 0 atom stereocenters.